The second kappa shape index (κ2) is 9.04. The first-order valence-corrected chi connectivity index (χ1v) is 11.4. The number of thiazole rings is 1. The smallest absolute Gasteiger partial charge is 0.197 e. The summed E-state index contributed by atoms with van der Waals surface area (Å²) in [5.74, 6) is 0.130. The number of rotatable bonds is 5. The Labute approximate surface area is 188 Å². The number of hydrogen-bond donors (Lipinski definition) is 6. The van der Waals surface area contributed by atoms with E-state index in [-0.39, 0.29) is 30.7 Å². The highest BCUT2D eigenvalue weighted by Gasteiger charge is 2.43. The molecule has 4 heterocycles. The minimum Gasteiger partial charge on any atom is -0.396 e. The SMILES string of the molecule is OC[C@H]1C[C@@H](NC2NC(Nc3cccnc3)=NCC2c2nc3ccncc3s2)[C@H](O)[C@@H]1O. The molecule has 3 aromatic rings. The molecule has 32 heavy (non-hydrogen) atoms. The van der Waals surface area contributed by atoms with Crippen LogP contribution in [0.5, 0.6) is 0 Å². The van der Waals surface area contributed by atoms with Crippen LogP contribution in [0, 0.1) is 5.92 Å². The second-order valence-electron chi connectivity index (χ2n) is 8.11. The molecule has 1 saturated carbocycles. The van der Waals surface area contributed by atoms with Crippen molar-refractivity contribution >= 4 is 33.2 Å². The van der Waals surface area contributed by atoms with Crippen molar-refractivity contribution in [2.45, 2.75) is 36.8 Å². The van der Waals surface area contributed by atoms with Gasteiger partial charge in [0.2, 0.25) is 0 Å². The molecule has 3 aromatic heterocycles. The van der Waals surface area contributed by atoms with Crippen LogP contribution in [0.15, 0.2) is 48.0 Å². The second-order valence-corrected chi connectivity index (χ2v) is 9.17. The molecule has 0 amide bonds. The van der Waals surface area contributed by atoms with E-state index in [2.05, 4.69) is 30.9 Å². The number of aliphatic imine (C=N–C) groups is 1. The number of fused-ring (bicyclic) bond motifs is 1. The number of nitrogens with one attached hydrogen (secondary N) is 3. The van der Waals surface area contributed by atoms with E-state index in [0.29, 0.717) is 18.9 Å². The predicted octanol–water partition coefficient (Wildman–Crippen LogP) is 0.259. The van der Waals surface area contributed by atoms with Crippen LogP contribution in [0.3, 0.4) is 0 Å². The summed E-state index contributed by atoms with van der Waals surface area (Å²) >= 11 is 1.57. The number of guanidine groups is 1. The zero-order valence-electron chi connectivity index (χ0n) is 17.2. The Morgan fingerprint density at radius 1 is 1.12 bits per heavy atom. The molecular formula is C21H25N7O3S. The van der Waals surface area contributed by atoms with Gasteiger partial charge in [-0.3, -0.25) is 20.3 Å². The quantitative estimate of drug-likeness (QED) is 0.319. The molecule has 0 bridgehead atoms. The lowest BCUT2D eigenvalue weighted by atomic mass is 10.0. The first kappa shape index (κ1) is 21.2. The number of aliphatic hydroxyl groups is 3. The summed E-state index contributed by atoms with van der Waals surface area (Å²) < 4.78 is 1.00. The number of aliphatic hydroxyl groups excluding tert-OH is 3. The van der Waals surface area contributed by atoms with Crippen LogP contribution >= 0.6 is 11.3 Å². The molecule has 1 aliphatic carbocycles. The fourth-order valence-corrected chi connectivity index (χ4v) is 5.34. The van der Waals surface area contributed by atoms with Crippen LogP contribution in [0.1, 0.15) is 17.3 Å². The van der Waals surface area contributed by atoms with Gasteiger partial charge < -0.3 is 26.0 Å². The number of anilines is 1. The fraction of sp³-hybridized carbons (Fsp3) is 0.429. The molecule has 1 fully saturated rings. The van der Waals surface area contributed by atoms with Crippen LogP contribution in [-0.2, 0) is 0 Å². The first-order chi connectivity index (χ1) is 15.6. The van der Waals surface area contributed by atoms with Crippen LogP contribution < -0.4 is 16.0 Å². The zero-order chi connectivity index (χ0) is 22.1. The van der Waals surface area contributed by atoms with Gasteiger partial charge in [0.1, 0.15) is 5.01 Å². The Morgan fingerprint density at radius 2 is 2.00 bits per heavy atom. The van der Waals surface area contributed by atoms with Gasteiger partial charge in [-0.2, -0.15) is 0 Å². The maximum Gasteiger partial charge on any atom is 0.197 e. The third-order valence-electron chi connectivity index (χ3n) is 6.02. The summed E-state index contributed by atoms with van der Waals surface area (Å²) in [6.45, 7) is 0.313. The lowest BCUT2D eigenvalue weighted by molar-refractivity contribution is -0.00176. The standard InChI is InChI=1S/C21H25N7O3S/c29-10-11-6-15(18(31)17(11)30)26-19-13(20-27-14-3-5-23-9-16(14)32-20)8-24-21(28-19)25-12-2-1-4-22-7-12/h1-5,7,9,11,13,15,17-19,26,29-31H,6,8,10H2,(H2,24,25,28)/t11-,13?,15-,17-,18+,19?/m1/s1. The Bertz CT molecular complexity index is 1060. The van der Waals surface area contributed by atoms with Crippen molar-refractivity contribution < 1.29 is 15.3 Å². The van der Waals surface area contributed by atoms with E-state index < -0.39 is 12.2 Å². The highest BCUT2D eigenvalue weighted by atomic mass is 32.1. The van der Waals surface area contributed by atoms with Gasteiger partial charge in [0, 0.05) is 37.2 Å². The Balaban J connectivity index is 1.41. The van der Waals surface area contributed by atoms with Crippen molar-refractivity contribution in [1.82, 2.24) is 25.6 Å². The van der Waals surface area contributed by atoms with E-state index in [0.717, 1.165) is 20.9 Å². The maximum atomic E-state index is 10.5. The van der Waals surface area contributed by atoms with E-state index in [1.54, 1.807) is 36.1 Å². The molecule has 11 heteroatoms. The van der Waals surface area contributed by atoms with E-state index in [9.17, 15) is 15.3 Å². The summed E-state index contributed by atoms with van der Waals surface area (Å²) in [6, 6.07) is 5.24. The molecule has 10 nitrogen and oxygen atoms in total. The van der Waals surface area contributed by atoms with Crippen molar-refractivity contribution in [2.75, 3.05) is 18.5 Å². The topological polar surface area (TPSA) is 148 Å². The molecule has 2 unspecified atom stereocenters. The summed E-state index contributed by atoms with van der Waals surface area (Å²) in [7, 11) is 0. The molecule has 0 spiro atoms. The third-order valence-corrected chi connectivity index (χ3v) is 7.16. The van der Waals surface area contributed by atoms with E-state index >= 15 is 0 Å². The summed E-state index contributed by atoms with van der Waals surface area (Å²) in [5.41, 5.74) is 1.69. The molecule has 0 aromatic carbocycles. The van der Waals surface area contributed by atoms with Crippen molar-refractivity contribution in [1.29, 1.82) is 0 Å². The van der Waals surface area contributed by atoms with E-state index in [4.69, 9.17) is 4.98 Å². The molecule has 6 atom stereocenters. The van der Waals surface area contributed by atoms with Crippen molar-refractivity contribution in [3.63, 3.8) is 0 Å². The van der Waals surface area contributed by atoms with Crippen molar-refractivity contribution in [3.8, 4) is 0 Å². The Hall–Kier alpha value is -2.70. The largest absolute Gasteiger partial charge is 0.396 e. The van der Waals surface area contributed by atoms with Crippen molar-refractivity contribution in [3.05, 3.63) is 48.0 Å². The molecule has 0 radical (unpaired) electrons. The van der Waals surface area contributed by atoms with Gasteiger partial charge >= 0.3 is 0 Å². The first-order valence-electron chi connectivity index (χ1n) is 10.5. The van der Waals surface area contributed by atoms with Crippen molar-refractivity contribution in [2.24, 2.45) is 10.9 Å². The minimum absolute atomic E-state index is 0.0932. The molecule has 0 saturated heterocycles. The molecule has 1 aliphatic heterocycles. The van der Waals surface area contributed by atoms with Gasteiger partial charge in [0.15, 0.2) is 5.96 Å². The average molecular weight is 456 g/mol. The van der Waals surface area contributed by atoms with Crippen LogP contribution in [0.4, 0.5) is 5.69 Å². The number of hydrogen-bond acceptors (Lipinski definition) is 11. The normalized spacial score (nSPS) is 30.2. The van der Waals surface area contributed by atoms with Gasteiger partial charge in [-0.1, -0.05) is 0 Å². The lowest BCUT2D eigenvalue weighted by Crippen LogP contribution is -2.59. The van der Waals surface area contributed by atoms with Gasteiger partial charge in [0.05, 0.1) is 52.9 Å². The number of nitrogens with zero attached hydrogens (tertiary/aromatic N) is 4. The molecule has 5 rings (SSSR count). The van der Waals surface area contributed by atoms with Gasteiger partial charge in [-0.05, 0) is 24.6 Å². The molecule has 2 aliphatic rings. The monoisotopic (exact) mass is 455 g/mol. The van der Waals surface area contributed by atoms with E-state index in [1.807, 2.05) is 18.2 Å². The fourth-order valence-electron chi connectivity index (χ4n) is 4.27. The lowest BCUT2D eigenvalue weighted by Gasteiger charge is -2.35. The molecule has 6 N–H and O–H groups in total. The maximum absolute atomic E-state index is 10.5. The minimum atomic E-state index is -0.970. The third kappa shape index (κ3) is 4.17. The summed E-state index contributed by atoms with van der Waals surface area (Å²) in [4.78, 5) is 17.7. The number of aromatic nitrogens is 3. The Kier molecular flexibility index (Phi) is 5.98. The van der Waals surface area contributed by atoms with Crippen LogP contribution in [-0.4, -0.2) is 73.8 Å². The summed E-state index contributed by atoms with van der Waals surface area (Å²) in [5, 5.41) is 41.3. The molecule has 168 valence electrons. The number of pyridine rings is 2. The average Bonchev–Trinajstić information content (AvgIpc) is 3.36. The van der Waals surface area contributed by atoms with Crippen LogP contribution in [0.25, 0.3) is 10.2 Å². The highest BCUT2D eigenvalue weighted by Crippen LogP contribution is 2.32. The van der Waals surface area contributed by atoms with Gasteiger partial charge in [-0.25, -0.2) is 4.98 Å². The molecular weight excluding hydrogens is 430 g/mol. The Morgan fingerprint density at radius 3 is 2.75 bits per heavy atom. The van der Waals surface area contributed by atoms with Gasteiger partial charge in [-0.15, -0.1) is 11.3 Å². The predicted molar refractivity (Wildman–Crippen MR) is 121 cm³/mol. The van der Waals surface area contributed by atoms with Crippen LogP contribution in [0.2, 0.25) is 0 Å². The highest BCUT2D eigenvalue weighted by molar-refractivity contribution is 7.18. The summed E-state index contributed by atoms with van der Waals surface area (Å²) in [6.07, 6.45) is 5.17. The van der Waals surface area contributed by atoms with E-state index in [1.165, 1.54) is 0 Å². The zero-order valence-corrected chi connectivity index (χ0v) is 18.0. The van der Waals surface area contributed by atoms with Gasteiger partial charge in [0.25, 0.3) is 0 Å².